The fourth-order valence-corrected chi connectivity index (χ4v) is 3.01. The lowest BCUT2D eigenvalue weighted by atomic mass is 10.3. The van der Waals surface area contributed by atoms with Crippen molar-refractivity contribution in [2.75, 3.05) is 39.8 Å². The van der Waals surface area contributed by atoms with Gasteiger partial charge in [-0.1, -0.05) is 22.0 Å². The van der Waals surface area contributed by atoms with Crippen molar-refractivity contribution in [3.63, 3.8) is 0 Å². The van der Waals surface area contributed by atoms with Gasteiger partial charge in [0, 0.05) is 30.7 Å². The third kappa shape index (κ3) is 8.76. The Labute approximate surface area is 176 Å². The summed E-state index contributed by atoms with van der Waals surface area (Å²) < 4.78 is 43.8. The van der Waals surface area contributed by atoms with Gasteiger partial charge in [-0.3, -0.25) is 9.89 Å². The number of rotatable bonds is 6. The van der Waals surface area contributed by atoms with Crippen LogP contribution in [0, 0.1) is 0 Å². The summed E-state index contributed by atoms with van der Waals surface area (Å²) in [5, 5.41) is 6.26. The van der Waals surface area contributed by atoms with Crippen molar-refractivity contribution >= 4 is 45.9 Å². The highest BCUT2D eigenvalue weighted by molar-refractivity contribution is 14.0. The van der Waals surface area contributed by atoms with Gasteiger partial charge in [0.05, 0.1) is 13.1 Å². The van der Waals surface area contributed by atoms with Crippen molar-refractivity contribution in [3.05, 3.63) is 28.7 Å². The number of nitrogens with one attached hydrogen (secondary N) is 2. The third-order valence-corrected chi connectivity index (χ3v) is 4.19. The van der Waals surface area contributed by atoms with Crippen LogP contribution in [-0.2, 0) is 0 Å². The van der Waals surface area contributed by atoms with Crippen molar-refractivity contribution < 1.29 is 17.9 Å². The molecule has 0 aliphatic carbocycles. The Morgan fingerprint density at radius 3 is 2.85 bits per heavy atom. The van der Waals surface area contributed by atoms with Gasteiger partial charge in [0.25, 0.3) is 0 Å². The standard InChI is InChI=1S/C16H22BrF3N4O.HI/c1-21-15(22-6-8-25-14-4-2-3-12(17)9-14)23-13-5-7-24(10-13)11-16(18,19)20;/h2-4,9,13H,5-8,10-11H2,1H3,(H2,21,22,23);1H. The summed E-state index contributed by atoms with van der Waals surface area (Å²) in [7, 11) is 1.63. The molecule has 1 saturated heterocycles. The maximum absolute atomic E-state index is 12.4. The number of hydrogen-bond donors (Lipinski definition) is 2. The Hall–Kier alpha value is -0.750. The number of ether oxygens (including phenoxy) is 1. The monoisotopic (exact) mass is 550 g/mol. The van der Waals surface area contributed by atoms with Crippen LogP contribution in [0.3, 0.4) is 0 Å². The average Bonchev–Trinajstić information content (AvgIpc) is 2.95. The number of nitrogens with zero attached hydrogens (tertiary/aromatic N) is 2. The van der Waals surface area contributed by atoms with Gasteiger partial charge in [-0.25, -0.2) is 0 Å². The quantitative estimate of drug-likeness (QED) is 0.247. The summed E-state index contributed by atoms with van der Waals surface area (Å²) in [6, 6.07) is 7.51. The molecule has 0 spiro atoms. The van der Waals surface area contributed by atoms with E-state index in [1.165, 1.54) is 4.90 Å². The molecule has 1 unspecified atom stereocenters. The summed E-state index contributed by atoms with van der Waals surface area (Å²) in [4.78, 5) is 5.50. The van der Waals surface area contributed by atoms with E-state index in [1.807, 2.05) is 24.3 Å². The van der Waals surface area contributed by atoms with Crippen LogP contribution in [0.2, 0.25) is 0 Å². The first-order chi connectivity index (χ1) is 11.9. The van der Waals surface area contributed by atoms with Crippen LogP contribution in [-0.4, -0.2) is 62.9 Å². The van der Waals surface area contributed by atoms with Crippen LogP contribution in [0.1, 0.15) is 6.42 Å². The van der Waals surface area contributed by atoms with Gasteiger partial charge >= 0.3 is 6.18 Å². The summed E-state index contributed by atoms with van der Waals surface area (Å²) in [5.74, 6) is 1.33. The Morgan fingerprint density at radius 1 is 1.42 bits per heavy atom. The maximum Gasteiger partial charge on any atom is 0.401 e. The van der Waals surface area contributed by atoms with Crippen LogP contribution < -0.4 is 15.4 Å². The lowest BCUT2D eigenvalue weighted by Crippen LogP contribution is -2.46. The van der Waals surface area contributed by atoms with Crippen LogP contribution >= 0.6 is 39.9 Å². The Morgan fingerprint density at radius 2 is 2.19 bits per heavy atom. The lowest BCUT2D eigenvalue weighted by Gasteiger charge is -2.19. The van der Waals surface area contributed by atoms with Gasteiger partial charge in [0.2, 0.25) is 0 Å². The van der Waals surface area contributed by atoms with Crippen molar-refractivity contribution in [2.24, 2.45) is 4.99 Å². The van der Waals surface area contributed by atoms with Crippen LogP contribution in [0.4, 0.5) is 13.2 Å². The van der Waals surface area contributed by atoms with E-state index in [0.29, 0.717) is 38.6 Å². The number of aliphatic imine (C=N–C) groups is 1. The molecule has 148 valence electrons. The summed E-state index contributed by atoms with van der Waals surface area (Å²) in [6.45, 7) is 0.903. The molecule has 0 amide bonds. The van der Waals surface area contributed by atoms with E-state index < -0.39 is 12.7 Å². The molecule has 0 bridgehead atoms. The average molecular weight is 551 g/mol. The molecule has 2 rings (SSSR count). The molecule has 26 heavy (non-hydrogen) atoms. The largest absolute Gasteiger partial charge is 0.492 e. The minimum atomic E-state index is -4.15. The summed E-state index contributed by atoms with van der Waals surface area (Å²) in [5.41, 5.74) is 0. The predicted octanol–water partition coefficient (Wildman–Crippen LogP) is 3.25. The minimum Gasteiger partial charge on any atom is -0.492 e. The SMILES string of the molecule is CN=C(NCCOc1cccc(Br)c1)NC1CCN(CC(F)(F)F)C1.I. The molecular formula is C16H23BrF3IN4O. The molecule has 1 aromatic rings. The fraction of sp³-hybridized carbons (Fsp3) is 0.562. The van der Waals surface area contributed by atoms with Gasteiger partial charge in [-0.05, 0) is 24.6 Å². The molecule has 0 aromatic heterocycles. The smallest absolute Gasteiger partial charge is 0.401 e. The number of guanidine groups is 1. The molecule has 0 radical (unpaired) electrons. The van der Waals surface area contributed by atoms with Gasteiger partial charge in [-0.15, -0.1) is 24.0 Å². The number of likely N-dealkylation sites (tertiary alicyclic amines) is 1. The van der Waals surface area contributed by atoms with E-state index in [4.69, 9.17) is 4.74 Å². The minimum absolute atomic E-state index is 0. The van der Waals surface area contributed by atoms with Crippen molar-refractivity contribution in [1.29, 1.82) is 0 Å². The first kappa shape index (κ1) is 23.3. The number of halogens is 5. The second-order valence-electron chi connectivity index (χ2n) is 5.79. The molecule has 5 nitrogen and oxygen atoms in total. The van der Waals surface area contributed by atoms with Crippen LogP contribution in [0.15, 0.2) is 33.7 Å². The van der Waals surface area contributed by atoms with Gasteiger partial charge < -0.3 is 15.4 Å². The highest BCUT2D eigenvalue weighted by Gasteiger charge is 2.34. The molecule has 1 aliphatic heterocycles. The normalized spacial score (nSPS) is 18.3. The number of alkyl halides is 3. The first-order valence-electron chi connectivity index (χ1n) is 8.00. The zero-order chi connectivity index (χ0) is 18.3. The highest BCUT2D eigenvalue weighted by atomic mass is 127. The van der Waals surface area contributed by atoms with E-state index >= 15 is 0 Å². The second-order valence-corrected chi connectivity index (χ2v) is 6.70. The molecule has 0 saturated carbocycles. The van der Waals surface area contributed by atoms with E-state index in [1.54, 1.807) is 7.05 Å². The molecule has 1 aromatic carbocycles. The number of benzene rings is 1. The van der Waals surface area contributed by atoms with Crippen molar-refractivity contribution in [2.45, 2.75) is 18.6 Å². The third-order valence-electron chi connectivity index (χ3n) is 3.70. The Bertz CT molecular complexity index is 589. The van der Waals surface area contributed by atoms with Crippen molar-refractivity contribution in [1.82, 2.24) is 15.5 Å². The zero-order valence-corrected chi connectivity index (χ0v) is 18.3. The second kappa shape index (κ2) is 11.2. The molecule has 10 heteroatoms. The Balaban J connectivity index is 0.00000338. The van der Waals surface area contributed by atoms with Crippen molar-refractivity contribution in [3.8, 4) is 5.75 Å². The molecular weight excluding hydrogens is 528 g/mol. The topological polar surface area (TPSA) is 48.9 Å². The first-order valence-corrected chi connectivity index (χ1v) is 8.79. The Kier molecular flexibility index (Phi) is 10.0. The molecule has 2 N–H and O–H groups in total. The van der Waals surface area contributed by atoms with E-state index in [-0.39, 0.29) is 30.0 Å². The van der Waals surface area contributed by atoms with Crippen LogP contribution in [0.25, 0.3) is 0 Å². The number of hydrogen-bond acceptors (Lipinski definition) is 3. The predicted molar refractivity (Wildman–Crippen MR) is 110 cm³/mol. The summed E-state index contributed by atoms with van der Waals surface area (Å²) >= 11 is 3.38. The molecule has 1 atom stereocenters. The highest BCUT2D eigenvalue weighted by Crippen LogP contribution is 2.20. The zero-order valence-electron chi connectivity index (χ0n) is 14.4. The lowest BCUT2D eigenvalue weighted by molar-refractivity contribution is -0.143. The molecule has 1 aliphatic rings. The molecule has 1 fully saturated rings. The van der Waals surface area contributed by atoms with Gasteiger partial charge in [0.15, 0.2) is 5.96 Å². The van der Waals surface area contributed by atoms with E-state index in [9.17, 15) is 13.2 Å². The fourth-order valence-electron chi connectivity index (χ4n) is 2.63. The maximum atomic E-state index is 12.4. The van der Waals surface area contributed by atoms with E-state index in [0.717, 1.165) is 10.2 Å². The van der Waals surface area contributed by atoms with Gasteiger partial charge in [0.1, 0.15) is 12.4 Å². The van der Waals surface area contributed by atoms with Crippen LogP contribution in [0.5, 0.6) is 5.75 Å². The van der Waals surface area contributed by atoms with E-state index in [2.05, 4.69) is 31.6 Å². The van der Waals surface area contributed by atoms with Gasteiger partial charge in [-0.2, -0.15) is 13.2 Å². The molecule has 1 heterocycles. The summed E-state index contributed by atoms with van der Waals surface area (Å²) in [6.07, 6.45) is -3.50.